The van der Waals surface area contributed by atoms with Crippen LogP contribution in [0.3, 0.4) is 0 Å². The Hall–Kier alpha value is -0.850. The number of carbonyl (C=O) groups is 1. The number of halogens is 1. The molecule has 80 valence electrons. The molecule has 0 aliphatic heterocycles. The first-order valence-corrected chi connectivity index (χ1v) is 5.93. The van der Waals surface area contributed by atoms with Gasteiger partial charge in [-0.2, -0.15) is 5.26 Å². The Morgan fingerprint density at radius 1 is 1.60 bits per heavy atom. The molecule has 0 saturated heterocycles. The maximum absolute atomic E-state index is 11.9. The van der Waals surface area contributed by atoms with E-state index in [0.717, 1.165) is 0 Å². The first-order valence-electron chi connectivity index (χ1n) is 4.73. The zero-order valence-electron chi connectivity index (χ0n) is 8.66. The number of Topliss-reactive ketones (excluding diaryl/α,β-unsaturated/α-hetero) is 1. The molecule has 15 heavy (non-hydrogen) atoms. The Bertz CT molecular complexity index is 392. The zero-order valence-corrected chi connectivity index (χ0v) is 10.2. The molecule has 1 aromatic heterocycles. The summed E-state index contributed by atoms with van der Waals surface area (Å²) < 4.78 is 0.583. The summed E-state index contributed by atoms with van der Waals surface area (Å²) in [6.45, 7) is 4.00. The van der Waals surface area contributed by atoms with Gasteiger partial charge in [-0.1, -0.05) is 25.4 Å². The number of ketones is 1. The minimum Gasteiger partial charge on any atom is -0.292 e. The maximum atomic E-state index is 11.9. The Morgan fingerprint density at radius 3 is 2.67 bits per heavy atom. The van der Waals surface area contributed by atoms with Gasteiger partial charge in [0.2, 0.25) is 0 Å². The molecule has 0 aliphatic carbocycles. The van der Waals surface area contributed by atoms with Crippen LogP contribution in [0.1, 0.15) is 29.9 Å². The van der Waals surface area contributed by atoms with E-state index >= 15 is 0 Å². The highest BCUT2D eigenvalue weighted by Gasteiger charge is 2.21. The second-order valence-corrected chi connectivity index (χ2v) is 5.49. The second kappa shape index (κ2) is 5.29. The van der Waals surface area contributed by atoms with Crippen LogP contribution in [0.15, 0.2) is 12.1 Å². The summed E-state index contributed by atoms with van der Waals surface area (Å²) in [5.41, 5.74) is 0. The van der Waals surface area contributed by atoms with Crippen molar-refractivity contribution in [2.75, 3.05) is 0 Å². The fraction of sp³-hybridized carbons (Fsp3) is 0.455. The molecule has 0 saturated carbocycles. The lowest BCUT2D eigenvalue weighted by atomic mass is 9.94. The third-order valence-electron chi connectivity index (χ3n) is 2.00. The summed E-state index contributed by atoms with van der Waals surface area (Å²) in [4.78, 5) is 12.4. The van der Waals surface area contributed by atoms with E-state index in [4.69, 9.17) is 16.9 Å². The quantitative estimate of drug-likeness (QED) is 0.753. The van der Waals surface area contributed by atoms with Crippen molar-refractivity contribution in [2.24, 2.45) is 11.8 Å². The lowest BCUT2D eigenvalue weighted by molar-refractivity contribution is 0.0941. The molecule has 1 atom stereocenters. The average Bonchev–Trinajstić information content (AvgIpc) is 2.60. The van der Waals surface area contributed by atoms with Crippen molar-refractivity contribution in [2.45, 2.75) is 20.3 Å². The fourth-order valence-electron chi connectivity index (χ4n) is 1.31. The number of nitriles is 1. The molecule has 2 nitrogen and oxygen atoms in total. The average molecular weight is 242 g/mol. The highest BCUT2D eigenvalue weighted by molar-refractivity contribution is 7.18. The van der Waals surface area contributed by atoms with E-state index in [1.54, 1.807) is 12.1 Å². The van der Waals surface area contributed by atoms with Crippen LogP contribution in [-0.4, -0.2) is 5.78 Å². The van der Waals surface area contributed by atoms with Gasteiger partial charge in [0.25, 0.3) is 0 Å². The summed E-state index contributed by atoms with van der Waals surface area (Å²) in [7, 11) is 0. The van der Waals surface area contributed by atoms with Gasteiger partial charge in [-0.05, 0) is 24.5 Å². The van der Waals surface area contributed by atoms with Crippen LogP contribution in [0.5, 0.6) is 0 Å². The number of thiophene rings is 1. The predicted octanol–water partition coefficient (Wildman–Crippen LogP) is 3.77. The van der Waals surface area contributed by atoms with Crippen molar-refractivity contribution in [1.82, 2.24) is 0 Å². The van der Waals surface area contributed by atoms with E-state index in [1.165, 1.54) is 11.3 Å². The third kappa shape index (κ3) is 3.33. The molecule has 0 aromatic carbocycles. The van der Waals surface area contributed by atoms with Crippen LogP contribution in [0.2, 0.25) is 4.34 Å². The fourth-order valence-corrected chi connectivity index (χ4v) is 2.35. The highest BCUT2D eigenvalue weighted by atomic mass is 35.5. The van der Waals surface area contributed by atoms with Gasteiger partial charge in [-0.15, -0.1) is 11.3 Å². The first-order chi connectivity index (χ1) is 7.04. The van der Waals surface area contributed by atoms with E-state index in [1.807, 2.05) is 13.8 Å². The molecule has 0 amide bonds. The summed E-state index contributed by atoms with van der Waals surface area (Å²) in [5, 5.41) is 8.91. The van der Waals surface area contributed by atoms with Crippen molar-refractivity contribution in [1.29, 1.82) is 5.26 Å². The van der Waals surface area contributed by atoms with E-state index in [2.05, 4.69) is 6.07 Å². The molecule has 1 aromatic rings. The van der Waals surface area contributed by atoms with Crippen LogP contribution >= 0.6 is 22.9 Å². The van der Waals surface area contributed by atoms with Crippen LogP contribution < -0.4 is 0 Å². The van der Waals surface area contributed by atoms with Crippen molar-refractivity contribution in [3.8, 4) is 6.07 Å². The first kappa shape index (κ1) is 12.2. The molecular weight excluding hydrogens is 230 g/mol. The van der Waals surface area contributed by atoms with Crippen LogP contribution in [0.4, 0.5) is 0 Å². The maximum Gasteiger partial charge on any atom is 0.189 e. The van der Waals surface area contributed by atoms with Crippen molar-refractivity contribution in [3.05, 3.63) is 21.3 Å². The summed E-state index contributed by atoms with van der Waals surface area (Å²) in [6, 6.07) is 5.42. The van der Waals surface area contributed by atoms with Crippen molar-refractivity contribution in [3.63, 3.8) is 0 Å². The van der Waals surface area contributed by atoms with E-state index in [-0.39, 0.29) is 5.78 Å². The monoisotopic (exact) mass is 241 g/mol. The second-order valence-electron chi connectivity index (χ2n) is 3.78. The van der Waals surface area contributed by atoms with E-state index < -0.39 is 5.92 Å². The smallest absolute Gasteiger partial charge is 0.189 e. The zero-order chi connectivity index (χ0) is 11.4. The number of rotatable bonds is 4. The number of carbonyl (C=O) groups excluding carboxylic acids is 1. The Balaban J connectivity index is 2.79. The van der Waals surface area contributed by atoms with Crippen LogP contribution in [0.25, 0.3) is 0 Å². The van der Waals surface area contributed by atoms with Gasteiger partial charge >= 0.3 is 0 Å². The molecular formula is C11H12ClNOS. The molecule has 0 N–H and O–H groups in total. The van der Waals surface area contributed by atoms with Gasteiger partial charge in [0, 0.05) is 0 Å². The molecule has 0 fully saturated rings. The molecule has 4 heteroatoms. The van der Waals surface area contributed by atoms with Crippen LogP contribution in [-0.2, 0) is 0 Å². The summed E-state index contributed by atoms with van der Waals surface area (Å²) in [6.07, 6.45) is 0.602. The molecule has 0 aliphatic rings. The normalized spacial score (nSPS) is 12.5. The van der Waals surface area contributed by atoms with Crippen molar-refractivity contribution >= 4 is 28.7 Å². The largest absolute Gasteiger partial charge is 0.292 e. The minimum atomic E-state index is -0.542. The van der Waals surface area contributed by atoms with Crippen molar-refractivity contribution < 1.29 is 4.79 Å². The molecule has 1 unspecified atom stereocenters. The lowest BCUT2D eigenvalue weighted by Gasteiger charge is -2.08. The minimum absolute atomic E-state index is 0.108. The molecule has 0 spiro atoms. The Labute approximate surface area is 98.5 Å². The molecule has 1 heterocycles. The third-order valence-corrected chi connectivity index (χ3v) is 3.24. The van der Waals surface area contributed by atoms with Gasteiger partial charge in [-0.25, -0.2) is 0 Å². The number of nitrogens with zero attached hydrogens (tertiary/aromatic N) is 1. The topological polar surface area (TPSA) is 40.9 Å². The van der Waals surface area contributed by atoms with Gasteiger partial charge in [0.05, 0.1) is 15.3 Å². The SMILES string of the molecule is CC(C)CC(C#N)C(=O)c1ccc(Cl)s1. The Morgan fingerprint density at radius 2 is 2.27 bits per heavy atom. The predicted molar refractivity (Wildman–Crippen MR) is 62.2 cm³/mol. The summed E-state index contributed by atoms with van der Waals surface area (Å²) in [5.74, 6) is -0.308. The molecule has 0 bridgehead atoms. The molecule has 1 rings (SSSR count). The van der Waals surface area contributed by atoms with Crippen LogP contribution in [0, 0.1) is 23.2 Å². The van der Waals surface area contributed by atoms with Gasteiger partial charge in [0.15, 0.2) is 5.78 Å². The number of hydrogen-bond donors (Lipinski definition) is 0. The number of hydrogen-bond acceptors (Lipinski definition) is 3. The van der Waals surface area contributed by atoms with E-state index in [9.17, 15) is 4.79 Å². The standard InChI is InChI=1S/C11H12ClNOS/c1-7(2)5-8(6-13)11(14)9-3-4-10(12)15-9/h3-4,7-8H,5H2,1-2H3. The lowest BCUT2D eigenvalue weighted by Crippen LogP contribution is -2.13. The van der Waals surface area contributed by atoms with Gasteiger partial charge in [-0.3, -0.25) is 4.79 Å². The highest BCUT2D eigenvalue weighted by Crippen LogP contribution is 2.25. The molecule has 0 radical (unpaired) electrons. The van der Waals surface area contributed by atoms with E-state index in [0.29, 0.717) is 21.6 Å². The Kier molecular flexibility index (Phi) is 4.31. The van der Waals surface area contributed by atoms with Gasteiger partial charge < -0.3 is 0 Å². The van der Waals surface area contributed by atoms with Gasteiger partial charge in [0.1, 0.15) is 5.92 Å². The summed E-state index contributed by atoms with van der Waals surface area (Å²) >= 11 is 6.97.